The molecule has 33 heavy (non-hydrogen) atoms. The summed E-state index contributed by atoms with van der Waals surface area (Å²) in [4.78, 5) is 43.3. The van der Waals surface area contributed by atoms with E-state index in [2.05, 4.69) is 0 Å². The van der Waals surface area contributed by atoms with Gasteiger partial charge in [-0.1, -0.05) is 0 Å². The Morgan fingerprint density at radius 3 is 2.52 bits per heavy atom. The van der Waals surface area contributed by atoms with Gasteiger partial charge in [0.2, 0.25) is 11.7 Å². The minimum absolute atomic E-state index is 0.112. The van der Waals surface area contributed by atoms with E-state index in [0.29, 0.717) is 37.3 Å². The highest BCUT2D eigenvalue weighted by atomic mass is 19.1. The number of ether oxygens (including phenoxy) is 2. The molecule has 1 unspecified atom stereocenters. The van der Waals surface area contributed by atoms with E-state index < -0.39 is 29.6 Å². The molecule has 0 aromatic heterocycles. The van der Waals surface area contributed by atoms with Crippen LogP contribution < -0.4 is 9.47 Å². The zero-order chi connectivity index (χ0) is 23.3. The predicted octanol–water partition coefficient (Wildman–Crippen LogP) is 2.91. The van der Waals surface area contributed by atoms with Crippen LogP contribution in [0, 0.1) is 5.82 Å². The number of rotatable bonds is 4. The Hall–Kier alpha value is -3.42. The molecule has 2 bridgehead atoms. The quantitative estimate of drug-likeness (QED) is 0.527. The third-order valence-electron chi connectivity index (χ3n) is 7.05. The van der Waals surface area contributed by atoms with Crippen molar-refractivity contribution in [1.29, 1.82) is 0 Å². The van der Waals surface area contributed by atoms with Crippen LogP contribution in [0.15, 0.2) is 36.4 Å². The number of methoxy groups -OCH3 is 2. The lowest BCUT2D eigenvalue weighted by Crippen LogP contribution is -2.68. The van der Waals surface area contributed by atoms with Crippen molar-refractivity contribution >= 4 is 17.6 Å². The normalized spacial score (nSPS) is 23.5. The van der Waals surface area contributed by atoms with Crippen LogP contribution in [0.1, 0.15) is 46.8 Å². The SMILES string of the molecule is COc1cc2c(c(OC)c1)C1[C@H]3CCC[C@@H](C(=O)N1CC2)N3C(=O)C(=O)c1ccc(F)cc1. The maximum Gasteiger partial charge on any atom is 0.295 e. The molecule has 3 aliphatic heterocycles. The molecule has 0 radical (unpaired) electrons. The van der Waals surface area contributed by atoms with Gasteiger partial charge in [-0.3, -0.25) is 14.4 Å². The van der Waals surface area contributed by atoms with Gasteiger partial charge in [-0.15, -0.1) is 0 Å². The van der Waals surface area contributed by atoms with E-state index >= 15 is 0 Å². The first-order chi connectivity index (χ1) is 15.9. The van der Waals surface area contributed by atoms with Crippen molar-refractivity contribution in [2.45, 2.75) is 43.8 Å². The van der Waals surface area contributed by atoms with Gasteiger partial charge < -0.3 is 19.3 Å². The van der Waals surface area contributed by atoms with Crippen LogP contribution >= 0.6 is 0 Å². The van der Waals surface area contributed by atoms with E-state index in [0.717, 1.165) is 29.7 Å². The van der Waals surface area contributed by atoms with Gasteiger partial charge in [0.05, 0.1) is 26.3 Å². The van der Waals surface area contributed by atoms with Crippen LogP contribution in [-0.4, -0.2) is 60.2 Å². The maximum absolute atomic E-state index is 13.5. The highest BCUT2D eigenvalue weighted by Gasteiger charge is 2.54. The molecule has 0 N–H and O–H groups in total. The number of benzene rings is 2. The summed E-state index contributed by atoms with van der Waals surface area (Å²) in [5.41, 5.74) is 2.00. The first kappa shape index (κ1) is 21.4. The summed E-state index contributed by atoms with van der Waals surface area (Å²) >= 11 is 0. The summed E-state index contributed by atoms with van der Waals surface area (Å²) in [6.07, 6.45) is 2.64. The second-order valence-corrected chi connectivity index (χ2v) is 8.69. The van der Waals surface area contributed by atoms with Crippen molar-refractivity contribution in [3.05, 3.63) is 58.9 Å². The molecule has 5 rings (SSSR count). The van der Waals surface area contributed by atoms with Gasteiger partial charge in [-0.25, -0.2) is 4.39 Å². The van der Waals surface area contributed by atoms with Crippen molar-refractivity contribution < 1.29 is 28.2 Å². The molecule has 3 atom stereocenters. The number of ketones is 1. The summed E-state index contributed by atoms with van der Waals surface area (Å²) in [5, 5.41) is 0. The first-order valence-electron chi connectivity index (χ1n) is 11.1. The van der Waals surface area contributed by atoms with Crippen molar-refractivity contribution in [2.24, 2.45) is 0 Å². The molecule has 0 spiro atoms. The van der Waals surface area contributed by atoms with Gasteiger partial charge in [0.1, 0.15) is 23.4 Å². The topological polar surface area (TPSA) is 76.2 Å². The first-order valence-corrected chi connectivity index (χ1v) is 11.1. The Balaban J connectivity index is 1.58. The minimum atomic E-state index is -0.731. The maximum atomic E-state index is 13.5. The average Bonchev–Trinajstić information content (AvgIpc) is 2.85. The summed E-state index contributed by atoms with van der Waals surface area (Å²) in [7, 11) is 3.16. The molecule has 3 aliphatic rings. The number of nitrogens with zero attached hydrogens (tertiary/aromatic N) is 2. The fourth-order valence-corrected chi connectivity index (χ4v) is 5.58. The number of fused-ring (bicyclic) bond motifs is 6. The van der Waals surface area contributed by atoms with E-state index in [1.807, 2.05) is 11.0 Å². The van der Waals surface area contributed by atoms with Crippen molar-refractivity contribution in [3.8, 4) is 11.5 Å². The molecule has 2 amide bonds. The zero-order valence-corrected chi connectivity index (χ0v) is 18.5. The number of carbonyl (C=O) groups excluding carboxylic acids is 3. The number of amides is 2. The van der Waals surface area contributed by atoms with Crippen LogP contribution in [-0.2, 0) is 16.0 Å². The lowest BCUT2D eigenvalue weighted by atomic mass is 9.78. The van der Waals surface area contributed by atoms with Crippen LogP contribution in [0.2, 0.25) is 0 Å². The Morgan fingerprint density at radius 2 is 1.82 bits per heavy atom. The van der Waals surface area contributed by atoms with Gasteiger partial charge in [0, 0.05) is 23.7 Å². The molecule has 0 saturated carbocycles. The minimum Gasteiger partial charge on any atom is -0.497 e. The molecule has 3 heterocycles. The van der Waals surface area contributed by atoms with Crippen molar-refractivity contribution in [3.63, 3.8) is 0 Å². The summed E-state index contributed by atoms with van der Waals surface area (Å²) in [5.74, 6) is -0.800. The van der Waals surface area contributed by atoms with Gasteiger partial charge in [-0.05, 0) is 61.6 Å². The molecule has 2 fully saturated rings. The van der Waals surface area contributed by atoms with E-state index in [-0.39, 0.29) is 17.5 Å². The van der Waals surface area contributed by atoms with Crippen molar-refractivity contribution in [2.75, 3.05) is 20.8 Å². The summed E-state index contributed by atoms with van der Waals surface area (Å²) in [6, 6.07) is 7.23. The Morgan fingerprint density at radius 1 is 1.06 bits per heavy atom. The highest BCUT2D eigenvalue weighted by molar-refractivity contribution is 6.43. The Labute approximate surface area is 191 Å². The molecule has 7 nitrogen and oxygen atoms in total. The summed E-state index contributed by atoms with van der Waals surface area (Å²) in [6.45, 7) is 0.535. The molecule has 0 aliphatic carbocycles. The van der Waals surface area contributed by atoms with E-state index in [1.54, 1.807) is 20.3 Å². The zero-order valence-electron chi connectivity index (χ0n) is 18.5. The summed E-state index contributed by atoms with van der Waals surface area (Å²) < 4.78 is 24.4. The fraction of sp³-hybridized carbons (Fsp3) is 0.400. The monoisotopic (exact) mass is 452 g/mol. The highest BCUT2D eigenvalue weighted by Crippen LogP contribution is 2.48. The van der Waals surface area contributed by atoms with Crippen molar-refractivity contribution in [1.82, 2.24) is 9.80 Å². The molecule has 8 heteroatoms. The Kier molecular flexibility index (Phi) is 5.31. The van der Waals surface area contributed by atoms with Crippen LogP contribution in [0.25, 0.3) is 0 Å². The Bertz CT molecular complexity index is 1120. The average molecular weight is 452 g/mol. The largest absolute Gasteiger partial charge is 0.497 e. The lowest BCUT2D eigenvalue weighted by molar-refractivity contribution is -0.164. The standard InChI is InChI=1S/C25H25FN2O5/c1-32-17-12-15-10-11-27-22(21(15)20(13-17)33-2)18-4-3-5-19(24(27)30)28(18)25(31)23(29)14-6-8-16(26)9-7-14/h6-9,12-13,18-19,22H,3-5,10-11H2,1-2H3/t18-,19+,22?/m1/s1. The third-order valence-corrected chi connectivity index (χ3v) is 7.05. The number of halogens is 1. The molecular weight excluding hydrogens is 427 g/mol. The second-order valence-electron chi connectivity index (χ2n) is 8.69. The van der Waals surface area contributed by atoms with Gasteiger partial charge in [0.15, 0.2) is 0 Å². The molecule has 2 aromatic carbocycles. The van der Waals surface area contributed by atoms with Gasteiger partial charge >= 0.3 is 0 Å². The van der Waals surface area contributed by atoms with Gasteiger partial charge in [-0.2, -0.15) is 0 Å². The van der Waals surface area contributed by atoms with E-state index in [4.69, 9.17) is 9.47 Å². The number of piperazine rings is 1. The number of carbonyl (C=O) groups is 3. The number of piperidine rings is 1. The second kappa shape index (κ2) is 8.17. The molecule has 172 valence electrons. The number of Topliss-reactive ketones (excluding diaryl/α,β-unsaturated/α-hetero) is 1. The van der Waals surface area contributed by atoms with Crippen LogP contribution in [0.3, 0.4) is 0 Å². The molecular formula is C25H25FN2O5. The third kappa shape index (κ3) is 3.35. The van der Waals surface area contributed by atoms with Crippen LogP contribution in [0.4, 0.5) is 4.39 Å². The van der Waals surface area contributed by atoms with E-state index in [9.17, 15) is 18.8 Å². The number of hydrogen-bond donors (Lipinski definition) is 0. The predicted molar refractivity (Wildman–Crippen MR) is 117 cm³/mol. The van der Waals surface area contributed by atoms with E-state index in [1.165, 1.54) is 17.0 Å². The fourth-order valence-electron chi connectivity index (χ4n) is 5.58. The molecule has 2 aromatic rings. The number of hydrogen-bond acceptors (Lipinski definition) is 5. The van der Waals surface area contributed by atoms with Gasteiger partial charge in [0.25, 0.3) is 5.91 Å². The van der Waals surface area contributed by atoms with Crippen LogP contribution in [0.5, 0.6) is 11.5 Å². The smallest absolute Gasteiger partial charge is 0.295 e. The molecule has 2 saturated heterocycles. The lowest BCUT2D eigenvalue weighted by Gasteiger charge is -2.55.